The van der Waals surface area contributed by atoms with Gasteiger partial charge in [-0.15, -0.1) is 15.3 Å². The van der Waals surface area contributed by atoms with Crippen LogP contribution >= 0.6 is 11.3 Å². The van der Waals surface area contributed by atoms with Crippen LogP contribution < -0.4 is 5.32 Å². The van der Waals surface area contributed by atoms with Gasteiger partial charge in [-0.25, -0.2) is 4.68 Å². The Labute approximate surface area is 145 Å². The van der Waals surface area contributed by atoms with Crippen LogP contribution in [0.5, 0.6) is 0 Å². The Morgan fingerprint density at radius 1 is 1.33 bits per heavy atom. The smallest absolute Gasteiger partial charge is 0.226 e. The van der Waals surface area contributed by atoms with Gasteiger partial charge in [0, 0.05) is 12.3 Å². The first kappa shape index (κ1) is 16.9. The average molecular weight is 349 g/mol. The third-order valence-corrected chi connectivity index (χ3v) is 5.66. The molecule has 2 aromatic rings. The molecule has 1 aliphatic rings. The molecule has 0 aromatic carbocycles. The predicted octanol–water partition coefficient (Wildman–Crippen LogP) is 2.63. The van der Waals surface area contributed by atoms with Crippen LogP contribution in [0.15, 0.2) is 6.33 Å². The van der Waals surface area contributed by atoms with Crippen molar-refractivity contribution in [1.29, 1.82) is 0 Å². The van der Waals surface area contributed by atoms with Crippen LogP contribution in [0.25, 0.3) is 0 Å². The van der Waals surface area contributed by atoms with Crippen LogP contribution in [0.4, 0.5) is 5.13 Å². The molecule has 0 spiro atoms. The molecule has 24 heavy (non-hydrogen) atoms. The van der Waals surface area contributed by atoms with E-state index in [1.54, 1.807) is 11.0 Å². The van der Waals surface area contributed by atoms with Crippen LogP contribution in [0.3, 0.4) is 0 Å². The summed E-state index contributed by atoms with van der Waals surface area (Å²) >= 11 is 1.44. The van der Waals surface area contributed by atoms with E-state index in [2.05, 4.69) is 44.9 Å². The monoisotopic (exact) mass is 349 g/mol. The largest absolute Gasteiger partial charge is 0.301 e. The minimum Gasteiger partial charge on any atom is -0.301 e. The van der Waals surface area contributed by atoms with E-state index in [9.17, 15) is 4.79 Å². The van der Waals surface area contributed by atoms with Gasteiger partial charge in [0.1, 0.15) is 11.3 Å². The zero-order valence-electron chi connectivity index (χ0n) is 14.1. The molecule has 3 rings (SSSR count). The molecule has 2 aromatic heterocycles. The molecule has 9 heteroatoms. The fourth-order valence-corrected chi connectivity index (χ4v) is 4.07. The number of rotatable bonds is 6. The fraction of sp³-hybridized carbons (Fsp3) is 0.733. The number of aromatic nitrogens is 6. The molecule has 0 bridgehead atoms. The van der Waals surface area contributed by atoms with Crippen LogP contribution in [0, 0.1) is 5.41 Å². The number of anilines is 1. The summed E-state index contributed by atoms with van der Waals surface area (Å²) in [4.78, 5) is 12.6. The van der Waals surface area contributed by atoms with Gasteiger partial charge < -0.3 is 5.32 Å². The van der Waals surface area contributed by atoms with Gasteiger partial charge in [-0.05, 0) is 28.7 Å². The molecule has 1 amide bonds. The fourth-order valence-electron chi connectivity index (χ4n) is 3.31. The number of nitrogens with one attached hydrogen (secondary N) is 1. The summed E-state index contributed by atoms with van der Waals surface area (Å²) in [7, 11) is 0. The molecule has 1 N–H and O–H groups in total. The molecule has 8 nitrogen and oxygen atoms in total. The Morgan fingerprint density at radius 2 is 2.12 bits per heavy atom. The van der Waals surface area contributed by atoms with Crippen molar-refractivity contribution in [1.82, 2.24) is 30.4 Å². The number of amides is 1. The molecule has 0 atom stereocenters. The summed E-state index contributed by atoms with van der Waals surface area (Å²) < 4.78 is 1.74. The second-order valence-electron chi connectivity index (χ2n) is 6.89. The Kier molecular flexibility index (Phi) is 5.17. The van der Waals surface area contributed by atoms with Crippen LogP contribution in [-0.2, 0) is 11.3 Å². The minimum absolute atomic E-state index is 0.00330. The van der Waals surface area contributed by atoms with Gasteiger partial charge >= 0.3 is 0 Å². The summed E-state index contributed by atoms with van der Waals surface area (Å²) in [6, 6.07) is 0. The number of nitrogens with zero attached hydrogens (tertiary/aromatic N) is 6. The summed E-state index contributed by atoms with van der Waals surface area (Å²) in [6.07, 6.45) is 7.64. The van der Waals surface area contributed by atoms with Crippen molar-refractivity contribution in [2.24, 2.45) is 5.41 Å². The van der Waals surface area contributed by atoms with Gasteiger partial charge in [0.25, 0.3) is 0 Å². The van der Waals surface area contributed by atoms with Crippen molar-refractivity contribution in [2.75, 3.05) is 5.32 Å². The van der Waals surface area contributed by atoms with Crippen molar-refractivity contribution in [3.63, 3.8) is 0 Å². The summed E-state index contributed by atoms with van der Waals surface area (Å²) in [5, 5.41) is 24.0. The Hall–Kier alpha value is -1.90. The van der Waals surface area contributed by atoms with E-state index in [1.807, 2.05) is 0 Å². The zero-order valence-corrected chi connectivity index (χ0v) is 14.9. The van der Waals surface area contributed by atoms with E-state index >= 15 is 0 Å². The normalized spacial score (nSPS) is 17.1. The predicted molar refractivity (Wildman–Crippen MR) is 90.6 cm³/mol. The van der Waals surface area contributed by atoms with Crippen LogP contribution in [0.2, 0.25) is 0 Å². The maximum Gasteiger partial charge on any atom is 0.226 e. The third-order valence-electron chi connectivity index (χ3n) is 4.52. The van der Waals surface area contributed by atoms with Crippen molar-refractivity contribution in [3.8, 4) is 0 Å². The Bertz CT molecular complexity index is 661. The lowest BCUT2D eigenvalue weighted by atomic mass is 9.71. The molecule has 0 saturated heterocycles. The topological polar surface area (TPSA) is 98.5 Å². The van der Waals surface area contributed by atoms with E-state index in [-0.39, 0.29) is 11.3 Å². The van der Waals surface area contributed by atoms with Gasteiger partial charge in [0.05, 0.1) is 6.54 Å². The maximum atomic E-state index is 12.6. The highest BCUT2D eigenvalue weighted by atomic mass is 32.1. The number of tetrazole rings is 1. The molecule has 1 saturated carbocycles. The molecular formula is C15H23N7OS. The van der Waals surface area contributed by atoms with E-state index in [1.165, 1.54) is 17.8 Å². The molecular weight excluding hydrogens is 326 g/mol. The summed E-state index contributed by atoms with van der Waals surface area (Å²) in [5.41, 5.74) is -0.0801. The first-order chi connectivity index (χ1) is 11.6. The molecule has 130 valence electrons. The van der Waals surface area contributed by atoms with E-state index in [0.717, 1.165) is 30.7 Å². The van der Waals surface area contributed by atoms with Crippen LogP contribution in [0.1, 0.15) is 63.3 Å². The number of hydrogen-bond donors (Lipinski definition) is 1. The molecule has 0 aliphatic heterocycles. The molecule has 2 heterocycles. The first-order valence-electron chi connectivity index (χ1n) is 8.40. The highest BCUT2D eigenvalue weighted by Gasteiger charge is 2.35. The minimum atomic E-state index is -0.0801. The lowest BCUT2D eigenvalue weighted by Crippen LogP contribution is -2.34. The van der Waals surface area contributed by atoms with E-state index in [0.29, 0.717) is 24.0 Å². The average Bonchev–Trinajstić information content (AvgIpc) is 3.19. The van der Waals surface area contributed by atoms with E-state index < -0.39 is 0 Å². The van der Waals surface area contributed by atoms with E-state index in [4.69, 9.17) is 0 Å². The van der Waals surface area contributed by atoms with Gasteiger partial charge in [-0.2, -0.15) is 0 Å². The molecule has 0 radical (unpaired) electrons. The third kappa shape index (κ3) is 4.14. The lowest BCUT2D eigenvalue weighted by Gasteiger charge is -2.36. The Morgan fingerprint density at radius 3 is 2.75 bits per heavy atom. The quantitative estimate of drug-likeness (QED) is 0.861. The van der Waals surface area contributed by atoms with Crippen LogP contribution in [-0.4, -0.2) is 36.3 Å². The van der Waals surface area contributed by atoms with Gasteiger partial charge in [-0.3, -0.25) is 4.79 Å². The maximum absolute atomic E-state index is 12.6. The summed E-state index contributed by atoms with van der Waals surface area (Å²) in [5.74, 6) is 0.314. The van der Waals surface area contributed by atoms with Gasteiger partial charge in [0.2, 0.25) is 11.0 Å². The van der Waals surface area contributed by atoms with Gasteiger partial charge in [0.15, 0.2) is 0 Å². The number of hydrogen-bond acceptors (Lipinski definition) is 7. The standard InChI is InChI=1S/C15H23N7OS/c1-11(2)13-18-19-14(24-13)17-12(23)8-15(6-4-3-5-7-15)9-22-10-16-20-21-22/h10-11H,3-9H2,1-2H3,(H,17,19,23). The lowest BCUT2D eigenvalue weighted by molar-refractivity contribution is -0.119. The van der Waals surface area contributed by atoms with Gasteiger partial charge in [-0.1, -0.05) is 44.4 Å². The zero-order chi connectivity index (χ0) is 17.0. The van der Waals surface area contributed by atoms with Crippen molar-refractivity contribution in [3.05, 3.63) is 11.3 Å². The SMILES string of the molecule is CC(C)c1nnc(NC(=O)CC2(Cn3cnnn3)CCCCC2)s1. The number of carbonyl (C=O) groups excluding carboxylic acids is 1. The second-order valence-corrected chi connectivity index (χ2v) is 7.90. The molecule has 1 aliphatic carbocycles. The number of carbonyl (C=O) groups is 1. The second kappa shape index (κ2) is 7.33. The summed E-state index contributed by atoms with van der Waals surface area (Å²) in [6.45, 7) is 4.81. The molecule has 0 unspecified atom stereocenters. The van der Waals surface area contributed by atoms with Crippen molar-refractivity contribution < 1.29 is 4.79 Å². The molecule has 1 fully saturated rings. The first-order valence-corrected chi connectivity index (χ1v) is 9.22. The highest BCUT2D eigenvalue weighted by Crippen LogP contribution is 2.41. The van der Waals surface area contributed by atoms with Crippen molar-refractivity contribution >= 4 is 22.4 Å². The highest BCUT2D eigenvalue weighted by molar-refractivity contribution is 7.15. The van der Waals surface area contributed by atoms with Crippen molar-refractivity contribution in [2.45, 2.75) is 64.8 Å². The Balaban J connectivity index is 1.66.